The van der Waals surface area contributed by atoms with Crippen LogP contribution in [-0.4, -0.2) is 29.6 Å². The number of hydrogen-bond donors (Lipinski definition) is 0. The number of sulfone groups is 1. The predicted octanol–water partition coefficient (Wildman–Crippen LogP) is 2.93. The van der Waals surface area contributed by atoms with Gasteiger partial charge in [-0.25, -0.2) is 8.42 Å². The fourth-order valence-electron chi connectivity index (χ4n) is 2.82. The van der Waals surface area contributed by atoms with Crippen LogP contribution in [-0.2, 0) is 21.2 Å². The van der Waals surface area contributed by atoms with Crippen LogP contribution in [0.5, 0.6) is 0 Å². The van der Waals surface area contributed by atoms with Crippen molar-refractivity contribution in [2.24, 2.45) is 4.99 Å². The molecule has 10 heteroatoms. The van der Waals surface area contributed by atoms with Crippen molar-refractivity contribution in [1.82, 2.24) is 4.57 Å². The number of thiazole rings is 1. The van der Waals surface area contributed by atoms with Gasteiger partial charge in [-0.2, -0.15) is 4.99 Å². The first kappa shape index (κ1) is 21.4. The van der Waals surface area contributed by atoms with Crippen molar-refractivity contribution in [2.45, 2.75) is 24.3 Å². The number of carbonyl (C=O) groups excluding carboxylic acids is 1. The van der Waals surface area contributed by atoms with E-state index in [-0.39, 0.29) is 35.7 Å². The zero-order valence-electron chi connectivity index (χ0n) is 15.7. The molecule has 0 aliphatic rings. The van der Waals surface area contributed by atoms with Gasteiger partial charge in [0.1, 0.15) is 0 Å². The molecule has 154 valence electrons. The van der Waals surface area contributed by atoms with E-state index in [1.807, 2.05) is 0 Å². The molecule has 0 unspecified atom stereocenters. The number of hydrogen-bond acceptors (Lipinski definition) is 6. The lowest BCUT2D eigenvalue weighted by Crippen LogP contribution is -2.17. The molecule has 3 aromatic rings. The highest BCUT2D eigenvalue weighted by Crippen LogP contribution is 2.23. The van der Waals surface area contributed by atoms with Gasteiger partial charge in [-0.3, -0.25) is 14.9 Å². The van der Waals surface area contributed by atoms with Gasteiger partial charge in [0.15, 0.2) is 14.6 Å². The van der Waals surface area contributed by atoms with E-state index >= 15 is 0 Å². The Labute approximate surface area is 176 Å². The molecule has 0 saturated carbocycles. The molecule has 0 fully saturated rings. The van der Waals surface area contributed by atoms with Gasteiger partial charge < -0.3 is 4.57 Å². The maximum atomic E-state index is 12.3. The Morgan fingerprint density at radius 1 is 1.23 bits per heavy atom. The standard InChI is InChI=1S/C20H17N3O5S2/c1-2-12-22-17-14-15(23(25)26)10-11-18(17)29-20(22)21-19(24)9-6-13-30(27,28)16-7-4-3-5-8-16/h1,3-5,7-8,10-11,14H,6,9,12-13H2. The normalized spacial score (nSPS) is 12.0. The number of nitro groups is 1. The smallest absolute Gasteiger partial charge is 0.271 e. The van der Waals surface area contributed by atoms with Gasteiger partial charge in [0, 0.05) is 18.6 Å². The van der Waals surface area contributed by atoms with Crippen molar-refractivity contribution in [3.05, 3.63) is 63.4 Å². The average Bonchev–Trinajstić information content (AvgIpc) is 3.05. The summed E-state index contributed by atoms with van der Waals surface area (Å²) < 4.78 is 26.9. The fourth-order valence-corrected chi connectivity index (χ4v) is 5.18. The van der Waals surface area contributed by atoms with Crippen molar-refractivity contribution < 1.29 is 18.1 Å². The third-order valence-electron chi connectivity index (χ3n) is 4.25. The SMILES string of the molecule is C#CCn1c(=NC(=O)CCCS(=O)(=O)c2ccccc2)sc2ccc([N+](=O)[O-])cc21. The van der Waals surface area contributed by atoms with Crippen LogP contribution in [0.15, 0.2) is 58.4 Å². The molecule has 3 rings (SSSR count). The maximum Gasteiger partial charge on any atom is 0.271 e. The number of aromatic nitrogens is 1. The zero-order valence-corrected chi connectivity index (χ0v) is 17.4. The highest BCUT2D eigenvalue weighted by Gasteiger charge is 2.15. The van der Waals surface area contributed by atoms with E-state index in [2.05, 4.69) is 10.9 Å². The Kier molecular flexibility index (Phi) is 6.44. The van der Waals surface area contributed by atoms with Crippen LogP contribution in [0, 0.1) is 22.5 Å². The molecule has 0 aliphatic carbocycles. The first-order chi connectivity index (χ1) is 14.3. The molecule has 1 heterocycles. The molecular formula is C20H17N3O5S2. The van der Waals surface area contributed by atoms with Crippen molar-refractivity contribution >= 4 is 43.0 Å². The van der Waals surface area contributed by atoms with Crippen LogP contribution in [0.3, 0.4) is 0 Å². The van der Waals surface area contributed by atoms with E-state index in [4.69, 9.17) is 6.42 Å². The highest BCUT2D eigenvalue weighted by molar-refractivity contribution is 7.91. The Balaban J connectivity index is 1.80. The molecule has 0 aliphatic heterocycles. The van der Waals surface area contributed by atoms with E-state index in [0.717, 1.165) is 0 Å². The summed E-state index contributed by atoms with van der Waals surface area (Å²) in [5, 5.41) is 11.0. The lowest BCUT2D eigenvalue weighted by molar-refractivity contribution is -0.384. The van der Waals surface area contributed by atoms with E-state index in [9.17, 15) is 23.3 Å². The summed E-state index contributed by atoms with van der Waals surface area (Å²) in [5.74, 6) is 1.81. The Bertz CT molecular complexity index is 1320. The van der Waals surface area contributed by atoms with E-state index in [0.29, 0.717) is 15.0 Å². The molecule has 0 radical (unpaired) electrons. The highest BCUT2D eigenvalue weighted by atomic mass is 32.2. The van der Waals surface area contributed by atoms with Gasteiger partial charge >= 0.3 is 0 Å². The van der Waals surface area contributed by atoms with E-state index < -0.39 is 20.7 Å². The molecule has 0 N–H and O–H groups in total. The van der Waals surface area contributed by atoms with Gasteiger partial charge in [0.05, 0.1) is 32.3 Å². The minimum Gasteiger partial charge on any atom is -0.304 e. The lowest BCUT2D eigenvalue weighted by Gasteiger charge is -2.03. The molecule has 8 nitrogen and oxygen atoms in total. The Hall–Kier alpha value is -3.29. The third kappa shape index (κ3) is 4.82. The second kappa shape index (κ2) is 9.02. The third-order valence-corrected chi connectivity index (χ3v) is 7.13. The van der Waals surface area contributed by atoms with Gasteiger partial charge in [0.2, 0.25) is 5.91 Å². The summed E-state index contributed by atoms with van der Waals surface area (Å²) in [6, 6.07) is 12.4. The second-order valence-electron chi connectivity index (χ2n) is 6.33. The number of carbonyl (C=O) groups is 1. The summed E-state index contributed by atoms with van der Waals surface area (Å²) in [5.41, 5.74) is 0.431. The number of nitro benzene ring substituents is 1. The van der Waals surface area contributed by atoms with Crippen LogP contribution in [0.25, 0.3) is 10.2 Å². The predicted molar refractivity (Wildman–Crippen MR) is 114 cm³/mol. The van der Waals surface area contributed by atoms with Crippen molar-refractivity contribution in [2.75, 3.05) is 5.75 Å². The minimum atomic E-state index is -3.47. The van der Waals surface area contributed by atoms with Crippen LogP contribution < -0.4 is 4.80 Å². The maximum absolute atomic E-state index is 12.3. The Morgan fingerprint density at radius 3 is 2.63 bits per heavy atom. The largest absolute Gasteiger partial charge is 0.304 e. The van der Waals surface area contributed by atoms with Crippen LogP contribution in [0.2, 0.25) is 0 Å². The molecule has 0 atom stereocenters. The van der Waals surface area contributed by atoms with Crippen LogP contribution >= 0.6 is 11.3 Å². The quantitative estimate of drug-likeness (QED) is 0.317. The number of nitrogens with zero attached hydrogens (tertiary/aromatic N) is 3. The average molecular weight is 444 g/mol. The molecule has 30 heavy (non-hydrogen) atoms. The van der Waals surface area contributed by atoms with Crippen molar-refractivity contribution in [3.8, 4) is 12.3 Å². The second-order valence-corrected chi connectivity index (χ2v) is 9.44. The summed E-state index contributed by atoms with van der Waals surface area (Å²) in [6.07, 6.45) is 5.48. The molecule has 2 aromatic carbocycles. The first-order valence-corrected chi connectivity index (χ1v) is 11.4. The van der Waals surface area contributed by atoms with E-state index in [1.165, 1.54) is 35.6 Å². The molecule has 1 amide bonds. The topological polar surface area (TPSA) is 112 Å². The van der Waals surface area contributed by atoms with Gasteiger partial charge in [-0.05, 0) is 24.6 Å². The minimum absolute atomic E-state index is 0.0451. The zero-order chi connectivity index (χ0) is 21.7. The molecule has 0 bridgehead atoms. The number of non-ortho nitro benzene ring substituents is 1. The summed E-state index contributed by atoms with van der Waals surface area (Å²) >= 11 is 1.19. The molecule has 0 saturated heterocycles. The summed E-state index contributed by atoms with van der Waals surface area (Å²) in [4.78, 5) is 27.4. The monoisotopic (exact) mass is 443 g/mol. The molecule has 0 spiro atoms. The fraction of sp³-hybridized carbons (Fsp3) is 0.200. The Morgan fingerprint density at radius 2 is 1.97 bits per heavy atom. The summed E-state index contributed by atoms with van der Waals surface area (Å²) in [7, 11) is -3.47. The van der Waals surface area contributed by atoms with Crippen LogP contribution in [0.4, 0.5) is 5.69 Å². The first-order valence-electron chi connectivity index (χ1n) is 8.88. The van der Waals surface area contributed by atoms with Gasteiger partial charge in [0.25, 0.3) is 5.69 Å². The van der Waals surface area contributed by atoms with Gasteiger partial charge in [-0.15, -0.1) is 6.42 Å². The number of fused-ring (bicyclic) bond motifs is 1. The van der Waals surface area contributed by atoms with Crippen LogP contribution in [0.1, 0.15) is 12.8 Å². The number of terminal acetylenes is 1. The number of amides is 1. The lowest BCUT2D eigenvalue weighted by atomic mass is 10.3. The van der Waals surface area contributed by atoms with Crippen molar-refractivity contribution in [1.29, 1.82) is 0 Å². The van der Waals surface area contributed by atoms with Crippen molar-refractivity contribution in [3.63, 3.8) is 0 Å². The van der Waals surface area contributed by atoms with E-state index in [1.54, 1.807) is 28.8 Å². The summed E-state index contributed by atoms with van der Waals surface area (Å²) in [6.45, 7) is 0.0929. The molecular weight excluding hydrogens is 426 g/mol. The molecule has 1 aromatic heterocycles. The number of rotatable bonds is 7. The number of benzene rings is 2. The van der Waals surface area contributed by atoms with Gasteiger partial charge in [-0.1, -0.05) is 35.5 Å².